The Morgan fingerprint density at radius 3 is 3.15 bits per heavy atom. The van der Waals surface area contributed by atoms with Crippen molar-refractivity contribution in [2.75, 3.05) is 6.54 Å². The van der Waals surface area contributed by atoms with Gasteiger partial charge in [0, 0.05) is 6.54 Å². The lowest BCUT2D eigenvalue weighted by molar-refractivity contribution is 0.400. The predicted molar refractivity (Wildman–Crippen MR) is 47.0 cm³/mol. The first kappa shape index (κ1) is 7.53. The van der Waals surface area contributed by atoms with Crippen LogP contribution in [0, 0.1) is 0 Å². The zero-order chi connectivity index (χ0) is 8.67. The molecule has 0 bridgehead atoms. The zero-order valence-electron chi connectivity index (χ0n) is 7.47. The second-order valence-corrected chi connectivity index (χ2v) is 3.67. The van der Waals surface area contributed by atoms with Gasteiger partial charge >= 0.3 is 0 Å². The summed E-state index contributed by atoms with van der Waals surface area (Å²) in [4.78, 5) is 4.48. The molecule has 3 heterocycles. The summed E-state index contributed by atoms with van der Waals surface area (Å²) in [6.07, 6.45) is 2.39. The number of rotatable bonds is 1. The third-order valence-electron chi connectivity index (χ3n) is 2.73. The van der Waals surface area contributed by atoms with Gasteiger partial charge in [0.2, 0.25) is 5.89 Å². The summed E-state index contributed by atoms with van der Waals surface area (Å²) in [5.41, 5.74) is 1.10. The van der Waals surface area contributed by atoms with Crippen molar-refractivity contribution in [3.05, 3.63) is 17.3 Å². The first-order valence-corrected chi connectivity index (χ1v) is 4.86. The number of nitrogens with one attached hydrogen (secondary N) is 2. The summed E-state index contributed by atoms with van der Waals surface area (Å²) < 4.78 is 5.67. The average Bonchev–Trinajstić information content (AvgIpc) is 2.78. The van der Waals surface area contributed by atoms with Crippen molar-refractivity contribution in [1.82, 2.24) is 15.6 Å². The Balaban J connectivity index is 1.88. The maximum absolute atomic E-state index is 5.67. The van der Waals surface area contributed by atoms with Gasteiger partial charge in [0.1, 0.15) is 5.76 Å². The molecule has 2 N–H and O–H groups in total. The summed E-state index contributed by atoms with van der Waals surface area (Å²) in [7, 11) is 0. The Morgan fingerprint density at radius 1 is 1.38 bits per heavy atom. The Hall–Kier alpha value is -0.870. The molecule has 0 radical (unpaired) electrons. The molecule has 3 rings (SSSR count). The minimum absolute atomic E-state index is 0.366. The van der Waals surface area contributed by atoms with Crippen LogP contribution in [0.5, 0.6) is 0 Å². The number of nitrogens with zero attached hydrogens (tertiary/aromatic N) is 1. The van der Waals surface area contributed by atoms with Crippen LogP contribution in [-0.2, 0) is 13.1 Å². The Kier molecular flexibility index (Phi) is 1.63. The van der Waals surface area contributed by atoms with E-state index in [-0.39, 0.29) is 0 Å². The molecule has 1 unspecified atom stereocenters. The Morgan fingerprint density at radius 2 is 2.38 bits per heavy atom. The lowest BCUT2D eigenvalue weighted by Crippen LogP contribution is -2.13. The lowest BCUT2D eigenvalue weighted by atomic mass is 10.2. The third kappa shape index (κ3) is 1.17. The van der Waals surface area contributed by atoms with Gasteiger partial charge < -0.3 is 15.1 Å². The molecule has 4 nitrogen and oxygen atoms in total. The molecule has 1 aromatic heterocycles. The van der Waals surface area contributed by atoms with Gasteiger partial charge in [0.25, 0.3) is 0 Å². The molecule has 0 amide bonds. The smallest absolute Gasteiger partial charge is 0.211 e. The van der Waals surface area contributed by atoms with Crippen LogP contribution >= 0.6 is 0 Å². The number of hydrogen-bond acceptors (Lipinski definition) is 4. The quantitative estimate of drug-likeness (QED) is 0.666. The van der Waals surface area contributed by atoms with E-state index < -0.39 is 0 Å². The van der Waals surface area contributed by atoms with Gasteiger partial charge in [-0.05, 0) is 19.4 Å². The molecule has 1 fully saturated rings. The molecule has 1 aromatic rings. The normalized spacial score (nSPS) is 26.6. The van der Waals surface area contributed by atoms with Crippen LogP contribution in [-0.4, -0.2) is 11.5 Å². The van der Waals surface area contributed by atoms with Gasteiger partial charge in [-0.25, -0.2) is 4.98 Å². The minimum Gasteiger partial charge on any atom is -0.442 e. The zero-order valence-corrected chi connectivity index (χ0v) is 7.47. The standard InChI is InChI=1S/C9H13N3O/c1-2-6(11-3-1)9-12-7-4-10-5-8(7)13-9/h6,10-11H,1-5H2. The number of hydrogen-bond donors (Lipinski definition) is 2. The fraction of sp³-hybridized carbons (Fsp3) is 0.667. The molecule has 0 aliphatic carbocycles. The van der Waals surface area contributed by atoms with Gasteiger partial charge in [0.15, 0.2) is 0 Å². The van der Waals surface area contributed by atoms with Crippen LogP contribution in [0.1, 0.15) is 36.2 Å². The summed E-state index contributed by atoms with van der Waals surface area (Å²) >= 11 is 0. The average molecular weight is 179 g/mol. The van der Waals surface area contributed by atoms with E-state index in [1.165, 1.54) is 6.42 Å². The lowest BCUT2D eigenvalue weighted by Gasteiger charge is -2.03. The maximum Gasteiger partial charge on any atom is 0.211 e. The van der Waals surface area contributed by atoms with Gasteiger partial charge in [0.05, 0.1) is 18.3 Å². The highest BCUT2D eigenvalue weighted by Gasteiger charge is 2.25. The first-order valence-electron chi connectivity index (χ1n) is 4.86. The van der Waals surface area contributed by atoms with Crippen molar-refractivity contribution in [3.63, 3.8) is 0 Å². The summed E-state index contributed by atoms with van der Waals surface area (Å²) in [6, 6.07) is 0.366. The second kappa shape index (κ2) is 2.82. The molecule has 13 heavy (non-hydrogen) atoms. The topological polar surface area (TPSA) is 50.1 Å². The second-order valence-electron chi connectivity index (χ2n) is 3.67. The molecular weight excluding hydrogens is 166 g/mol. The number of oxazole rings is 1. The number of aromatic nitrogens is 1. The van der Waals surface area contributed by atoms with E-state index >= 15 is 0 Å². The van der Waals surface area contributed by atoms with Crippen LogP contribution in [0.3, 0.4) is 0 Å². The predicted octanol–water partition coefficient (Wildman–Crippen LogP) is 0.702. The Labute approximate surface area is 76.7 Å². The molecule has 1 saturated heterocycles. The van der Waals surface area contributed by atoms with E-state index in [0.717, 1.165) is 43.4 Å². The molecule has 0 spiro atoms. The molecule has 70 valence electrons. The van der Waals surface area contributed by atoms with Crippen molar-refractivity contribution in [3.8, 4) is 0 Å². The summed E-state index contributed by atoms with van der Waals surface area (Å²) in [6.45, 7) is 2.80. The van der Waals surface area contributed by atoms with Crippen molar-refractivity contribution < 1.29 is 4.42 Å². The van der Waals surface area contributed by atoms with Gasteiger partial charge in [-0.3, -0.25) is 0 Å². The maximum atomic E-state index is 5.67. The molecule has 2 aliphatic rings. The highest BCUT2D eigenvalue weighted by Crippen LogP contribution is 2.26. The van der Waals surface area contributed by atoms with Crippen LogP contribution in [0.4, 0.5) is 0 Å². The van der Waals surface area contributed by atoms with Gasteiger partial charge in [-0.2, -0.15) is 0 Å². The fourth-order valence-corrected chi connectivity index (χ4v) is 2.02. The third-order valence-corrected chi connectivity index (χ3v) is 2.73. The van der Waals surface area contributed by atoms with Crippen LogP contribution < -0.4 is 10.6 Å². The summed E-state index contributed by atoms with van der Waals surface area (Å²) in [5, 5.41) is 6.59. The molecular formula is C9H13N3O. The van der Waals surface area contributed by atoms with E-state index in [1.807, 2.05) is 0 Å². The molecule has 1 atom stereocenters. The van der Waals surface area contributed by atoms with Crippen molar-refractivity contribution in [2.24, 2.45) is 0 Å². The molecule has 0 aromatic carbocycles. The monoisotopic (exact) mass is 179 g/mol. The summed E-state index contributed by atoms with van der Waals surface area (Å²) in [5.74, 6) is 1.92. The highest BCUT2D eigenvalue weighted by atomic mass is 16.4. The van der Waals surface area contributed by atoms with Crippen molar-refractivity contribution >= 4 is 0 Å². The van der Waals surface area contributed by atoms with E-state index in [9.17, 15) is 0 Å². The van der Waals surface area contributed by atoms with Crippen molar-refractivity contribution in [2.45, 2.75) is 32.0 Å². The van der Waals surface area contributed by atoms with Gasteiger partial charge in [-0.15, -0.1) is 0 Å². The van der Waals surface area contributed by atoms with Gasteiger partial charge in [-0.1, -0.05) is 0 Å². The molecule has 2 aliphatic heterocycles. The van der Waals surface area contributed by atoms with Crippen LogP contribution in [0.15, 0.2) is 4.42 Å². The van der Waals surface area contributed by atoms with E-state index in [2.05, 4.69) is 15.6 Å². The van der Waals surface area contributed by atoms with Crippen LogP contribution in [0.2, 0.25) is 0 Å². The van der Waals surface area contributed by atoms with E-state index in [4.69, 9.17) is 4.42 Å². The van der Waals surface area contributed by atoms with Crippen LogP contribution in [0.25, 0.3) is 0 Å². The number of fused-ring (bicyclic) bond motifs is 1. The minimum atomic E-state index is 0.366. The largest absolute Gasteiger partial charge is 0.442 e. The first-order chi connectivity index (χ1) is 6.43. The van der Waals surface area contributed by atoms with Crippen molar-refractivity contribution in [1.29, 1.82) is 0 Å². The Bertz CT molecular complexity index is 293. The molecule has 0 saturated carbocycles. The molecule has 4 heteroatoms. The highest BCUT2D eigenvalue weighted by molar-refractivity contribution is 5.15. The van der Waals surface area contributed by atoms with E-state index in [0.29, 0.717) is 6.04 Å². The SMILES string of the molecule is C1CNC(c2nc3c(o2)CNC3)C1. The van der Waals surface area contributed by atoms with E-state index in [1.54, 1.807) is 0 Å². The fourth-order valence-electron chi connectivity index (χ4n) is 2.02.